The molecule has 3 nitrogen and oxygen atoms in total. The van der Waals surface area contributed by atoms with Gasteiger partial charge in [0.25, 0.3) is 0 Å². The molecule has 20 heavy (non-hydrogen) atoms. The lowest BCUT2D eigenvalue weighted by Crippen LogP contribution is -2.20. The molecule has 4 heteroatoms. The normalized spacial score (nSPS) is 10.7. The van der Waals surface area contributed by atoms with E-state index in [2.05, 4.69) is 21.2 Å². The second-order valence-electron chi connectivity index (χ2n) is 4.35. The molecule has 0 fully saturated rings. The summed E-state index contributed by atoms with van der Waals surface area (Å²) in [7, 11) is 0. The van der Waals surface area contributed by atoms with Crippen LogP contribution in [0.5, 0.6) is 0 Å². The van der Waals surface area contributed by atoms with Crippen LogP contribution in [0.25, 0.3) is 6.08 Å². The van der Waals surface area contributed by atoms with E-state index < -0.39 is 0 Å². The highest BCUT2D eigenvalue weighted by molar-refractivity contribution is 9.10. The highest BCUT2D eigenvalue weighted by atomic mass is 79.9. The van der Waals surface area contributed by atoms with Gasteiger partial charge in [0.2, 0.25) is 5.91 Å². The highest BCUT2D eigenvalue weighted by Crippen LogP contribution is 2.11. The number of rotatable bonds is 4. The number of nitrogen functional groups attached to an aromatic ring is 1. The standard InChI is InChI=1S/C16H15BrN2O/c17-14-5-1-4-13(9-14)11-19-16(20)8-7-12-3-2-6-15(18)10-12/h1-10H,11,18H2,(H,19,20)/b8-7+. The molecule has 2 aromatic rings. The molecule has 0 spiro atoms. The molecule has 0 heterocycles. The number of carbonyl (C=O) groups is 1. The Bertz CT molecular complexity index is 638. The molecule has 0 aliphatic heterocycles. The Morgan fingerprint density at radius 2 is 2.00 bits per heavy atom. The third-order valence-corrected chi connectivity index (χ3v) is 3.19. The van der Waals surface area contributed by atoms with Crippen LogP contribution < -0.4 is 11.1 Å². The third-order valence-electron chi connectivity index (χ3n) is 2.69. The molecule has 0 unspecified atom stereocenters. The SMILES string of the molecule is Nc1cccc(/C=C/C(=O)NCc2cccc(Br)c2)c1. The molecule has 2 rings (SSSR count). The molecule has 0 aliphatic carbocycles. The predicted molar refractivity (Wildman–Crippen MR) is 85.9 cm³/mol. The minimum Gasteiger partial charge on any atom is -0.399 e. The molecule has 2 aromatic carbocycles. The van der Waals surface area contributed by atoms with E-state index in [0.29, 0.717) is 12.2 Å². The summed E-state index contributed by atoms with van der Waals surface area (Å²) in [5.41, 5.74) is 8.31. The number of nitrogens with two attached hydrogens (primary N) is 1. The van der Waals surface area contributed by atoms with Gasteiger partial charge in [0.15, 0.2) is 0 Å². The maximum Gasteiger partial charge on any atom is 0.244 e. The molecular formula is C16H15BrN2O. The van der Waals surface area contributed by atoms with E-state index in [0.717, 1.165) is 15.6 Å². The number of halogens is 1. The Morgan fingerprint density at radius 3 is 2.75 bits per heavy atom. The van der Waals surface area contributed by atoms with Gasteiger partial charge in [-0.2, -0.15) is 0 Å². The number of hydrogen-bond donors (Lipinski definition) is 2. The van der Waals surface area contributed by atoms with Crippen LogP contribution in [0.1, 0.15) is 11.1 Å². The van der Waals surface area contributed by atoms with Crippen molar-refractivity contribution in [2.24, 2.45) is 0 Å². The molecule has 3 N–H and O–H groups in total. The van der Waals surface area contributed by atoms with Gasteiger partial charge in [-0.3, -0.25) is 4.79 Å². The molecule has 0 bridgehead atoms. The number of carbonyl (C=O) groups excluding carboxylic acids is 1. The van der Waals surface area contributed by atoms with Crippen molar-refractivity contribution in [3.63, 3.8) is 0 Å². The van der Waals surface area contributed by atoms with E-state index in [9.17, 15) is 4.79 Å². The summed E-state index contributed by atoms with van der Waals surface area (Å²) in [6, 6.07) is 15.2. The summed E-state index contributed by atoms with van der Waals surface area (Å²) in [5, 5.41) is 2.83. The van der Waals surface area contributed by atoms with Gasteiger partial charge in [-0.25, -0.2) is 0 Å². The van der Waals surface area contributed by atoms with E-state index in [1.807, 2.05) is 48.5 Å². The second kappa shape index (κ2) is 6.91. The van der Waals surface area contributed by atoms with Crippen molar-refractivity contribution < 1.29 is 4.79 Å². The number of nitrogens with one attached hydrogen (secondary N) is 1. The Balaban J connectivity index is 1.89. The fraction of sp³-hybridized carbons (Fsp3) is 0.0625. The van der Waals surface area contributed by atoms with Gasteiger partial charge in [-0.15, -0.1) is 0 Å². The van der Waals surface area contributed by atoms with Crippen LogP contribution in [0, 0.1) is 0 Å². The van der Waals surface area contributed by atoms with E-state index in [1.165, 1.54) is 6.08 Å². The lowest BCUT2D eigenvalue weighted by molar-refractivity contribution is -0.116. The molecule has 0 saturated heterocycles. The summed E-state index contributed by atoms with van der Waals surface area (Å²) in [4.78, 5) is 11.7. The van der Waals surface area contributed by atoms with Gasteiger partial charge in [0.05, 0.1) is 0 Å². The first-order valence-electron chi connectivity index (χ1n) is 6.19. The van der Waals surface area contributed by atoms with Crippen molar-refractivity contribution in [3.8, 4) is 0 Å². The molecular weight excluding hydrogens is 316 g/mol. The van der Waals surface area contributed by atoms with E-state index in [4.69, 9.17) is 5.73 Å². The minimum absolute atomic E-state index is 0.132. The third kappa shape index (κ3) is 4.55. The van der Waals surface area contributed by atoms with Crippen molar-refractivity contribution >= 4 is 33.6 Å². The van der Waals surface area contributed by atoms with E-state index in [-0.39, 0.29) is 5.91 Å². The fourth-order valence-corrected chi connectivity index (χ4v) is 2.18. The Labute approximate surface area is 126 Å². The molecule has 102 valence electrons. The van der Waals surface area contributed by atoms with E-state index >= 15 is 0 Å². The number of hydrogen-bond acceptors (Lipinski definition) is 2. The van der Waals surface area contributed by atoms with Gasteiger partial charge in [-0.1, -0.05) is 40.2 Å². The van der Waals surface area contributed by atoms with Crippen molar-refractivity contribution in [1.82, 2.24) is 5.32 Å². The van der Waals surface area contributed by atoms with Crippen LogP contribution in [0.15, 0.2) is 59.1 Å². The zero-order valence-electron chi connectivity index (χ0n) is 10.8. The molecule has 0 atom stereocenters. The van der Waals surface area contributed by atoms with Crippen LogP contribution in [-0.2, 0) is 11.3 Å². The second-order valence-corrected chi connectivity index (χ2v) is 5.27. The molecule has 0 aromatic heterocycles. The quantitative estimate of drug-likeness (QED) is 0.667. The number of benzene rings is 2. The Morgan fingerprint density at radius 1 is 1.20 bits per heavy atom. The summed E-state index contributed by atoms with van der Waals surface area (Å²) < 4.78 is 1.000. The van der Waals surface area contributed by atoms with Crippen molar-refractivity contribution in [2.75, 3.05) is 5.73 Å². The van der Waals surface area contributed by atoms with Gasteiger partial charge in [0.1, 0.15) is 0 Å². The van der Waals surface area contributed by atoms with Crippen LogP contribution in [0.3, 0.4) is 0 Å². The van der Waals surface area contributed by atoms with Gasteiger partial charge >= 0.3 is 0 Å². The summed E-state index contributed by atoms with van der Waals surface area (Å²) in [5.74, 6) is -0.132. The lowest BCUT2D eigenvalue weighted by atomic mass is 10.2. The lowest BCUT2D eigenvalue weighted by Gasteiger charge is -2.03. The summed E-state index contributed by atoms with van der Waals surface area (Å²) >= 11 is 3.40. The molecule has 1 amide bonds. The average molecular weight is 331 g/mol. The van der Waals surface area contributed by atoms with Gasteiger partial charge in [0, 0.05) is 22.8 Å². The maximum absolute atomic E-state index is 11.7. The van der Waals surface area contributed by atoms with Crippen LogP contribution >= 0.6 is 15.9 Å². The first-order chi connectivity index (χ1) is 9.63. The van der Waals surface area contributed by atoms with Crippen LogP contribution in [-0.4, -0.2) is 5.91 Å². The van der Waals surface area contributed by atoms with Crippen LogP contribution in [0.4, 0.5) is 5.69 Å². The number of anilines is 1. The number of amides is 1. The van der Waals surface area contributed by atoms with Crippen molar-refractivity contribution in [3.05, 3.63) is 70.2 Å². The van der Waals surface area contributed by atoms with Gasteiger partial charge in [-0.05, 0) is 41.5 Å². The van der Waals surface area contributed by atoms with Crippen molar-refractivity contribution in [1.29, 1.82) is 0 Å². The average Bonchev–Trinajstić information content (AvgIpc) is 2.43. The Hall–Kier alpha value is -2.07. The van der Waals surface area contributed by atoms with E-state index in [1.54, 1.807) is 6.08 Å². The molecule has 0 aliphatic rings. The minimum atomic E-state index is -0.132. The predicted octanol–water partition coefficient (Wildman–Crippen LogP) is 3.36. The van der Waals surface area contributed by atoms with Crippen LogP contribution in [0.2, 0.25) is 0 Å². The molecule has 0 radical (unpaired) electrons. The maximum atomic E-state index is 11.7. The first kappa shape index (κ1) is 14.3. The molecule has 0 saturated carbocycles. The highest BCUT2D eigenvalue weighted by Gasteiger charge is 1.97. The summed E-state index contributed by atoms with van der Waals surface area (Å²) in [6.07, 6.45) is 3.25. The summed E-state index contributed by atoms with van der Waals surface area (Å²) in [6.45, 7) is 0.500. The zero-order chi connectivity index (χ0) is 14.4. The van der Waals surface area contributed by atoms with Crippen molar-refractivity contribution in [2.45, 2.75) is 6.54 Å². The monoisotopic (exact) mass is 330 g/mol. The Kier molecular flexibility index (Phi) is 4.96. The zero-order valence-corrected chi connectivity index (χ0v) is 12.4. The van der Waals surface area contributed by atoms with Gasteiger partial charge < -0.3 is 11.1 Å². The topological polar surface area (TPSA) is 55.1 Å². The smallest absolute Gasteiger partial charge is 0.244 e. The first-order valence-corrected chi connectivity index (χ1v) is 6.99. The largest absolute Gasteiger partial charge is 0.399 e. The fourth-order valence-electron chi connectivity index (χ4n) is 1.73.